The first-order valence-corrected chi connectivity index (χ1v) is 7.84. The molecule has 23 heavy (non-hydrogen) atoms. The number of aliphatic hydroxyl groups excluding tert-OH is 1. The SMILES string of the molecule is CC(C)(C(=O)NCC(O)c1ccccc1F)C1CCCNC1.Cl. The van der Waals surface area contributed by atoms with Crippen LogP contribution in [0.3, 0.4) is 0 Å². The van der Waals surface area contributed by atoms with Crippen LogP contribution < -0.4 is 10.6 Å². The molecule has 1 saturated heterocycles. The topological polar surface area (TPSA) is 61.4 Å². The van der Waals surface area contributed by atoms with Gasteiger partial charge in [0.25, 0.3) is 0 Å². The molecule has 1 amide bonds. The van der Waals surface area contributed by atoms with Crippen LogP contribution in [0.2, 0.25) is 0 Å². The molecule has 0 aliphatic carbocycles. The predicted octanol–water partition coefficient (Wildman–Crippen LogP) is 2.42. The highest BCUT2D eigenvalue weighted by molar-refractivity contribution is 5.85. The van der Waals surface area contributed by atoms with E-state index in [1.807, 2.05) is 13.8 Å². The Bertz CT molecular complexity index is 519. The van der Waals surface area contributed by atoms with Crippen molar-refractivity contribution in [3.63, 3.8) is 0 Å². The molecule has 1 aromatic rings. The maximum absolute atomic E-state index is 13.6. The van der Waals surface area contributed by atoms with Gasteiger partial charge in [0.15, 0.2) is 0 Å². The van der Waals surface area contributed by atoms with Crippen LogP contribution in [0.5, 0.6) is 0 Å². The number of amides is 1. The van der Waals surface area contributed by atoms with E-state index in [1.165, 1.54) is 12.1 Å². The average molecular weight is 345 g/mol. The maximum Gasteiger partial charge on any atom is 0.226 e. The first-order valence-electron chi connectivity index (χ1n) is 7.84. The first-order chi connectivity index (χ1) is 10.4. The van der Waals surface area contributed by atoms with E-state index in [2.05, 4.69) is 10.6 Å². The lowest BCUT2D eigenvalue weighted by molar-refractivity contribution is -0.133. The van der Waals surface area contributed by atoms with E-state index in [0.29, 0.717) is 0 Å². The van der Waals surface area contributed by atoms with Crippen molar-refractivity contribution in [2.24, 2.45) is 11.3 Å². The summed E-state index contributed by atoms with van der Waals surface area (Å²) in [6.07, 6.45) is 1.05. The van der Waals surface area contributed by atoms with Crippen LogP contribution in [-0.2, 0) is 4.79 Å². The van der Waals surface area contributed by atoms with Gasteiger partial charge in [0.2, 0.25) is 5.91 Å². The van der Waals surface area contributed by atoms with Crippen LogP contribution in [0.1, 0.15) is 38.4 Å². The van der Waals surface area contributed by atoms with Gasteiger partial charge in [-0.3, -0.25) is 4.79 Å². The van der Waals surface area contributed by atoms with E-state index in [9.17, 15) is 14.3 Å². The highest BCUT2D eigenvalue weighted by Crippen LogP contribution is 2.32. The molecule has 3 N–H and O–H groups in total. The minimum absolute atomic E-state index is 0. The van der Waals surface area contributed by atoms with Crippen LogP contribution in [0.25, 0.3) is 0 Å². The van der Waals surface area contributed by atoms with Crippen LogP contribution in [-0.4, -0.2) is 30.6 Å². The fraction of sp³-hybridized carbons (Fsp3) is 0.588. The molecule has 2 unspecified atom stereocenters. The molecule has 1 aromatic carbocycles. The highest BCUT2D eigenvalue weighted by atomic mass is 35.5. The summed E-state index contributed by atoms with van der Waals surface area (Å²) in [4.78, 5) is 12.4. The normalized spacial score (nSPS) is 19.6. The van der Waals surface area contributed by atoms with Crippen LogP contribution in [0.4, 0.5) is 4.39 Å². The average Bonchev–Trinajstić information content (AvgIpc) is 2.53. The Balaban J connectivity index is 0.00000264. The third kappa shape index (κ3) is 4.90. The van der Waals surface area contributed by atoms with Gasteiger partial charge in [-0.1, -0.05) is 32.0 Å². The minimum atomic E-state index is -1.04. The van der Waals surface area contributed by atoms with Gasteiger partial charge >= 0.3 is 0 Å². The van der Waals surface area contributed by atoms with Crippen molar-refractivity contribution in [1.29, 1.82) is 0 Å². The van der Waals surface area contributed by atoms with Crippen molar-refractivity contribution in [2.45, 2.75) is 32.8 Å². The number of benzene rings is 1. The number of carbonyl (C=O) groups excluding carboxylic acids is 1. The quantitative estimate of drug-likeness (QED) is 0.768. The van der Waals surface area contributed by atoms with Crippen molar-refractivity contribution >= 4 is 18.3 Å². The van der Waals surface area contributed by atoms with Crippen molar-refractivity contribution < 1.29 is 14.3 Å². The third-order valence-electron chi connectivity index (χ3n) is 4.62. The highest BCUT2D eigenvalue weighted by Gasteiger charge is 2.37. The fourth-order valence-corrected chi connectivity index (χ4v) is 2.93. The summed E-state index contributed by atoms with van der Waals surface area (Å²) in [6.45, 7) is 5.70. The first kappa shape index (κ1) is 19.9. The Kier molecular flexibility index (Phi) is 7.45. The number of carbonyl (C=O) groups is 1. The van der Waals surface area contributed by atoms with E-state index < -0.39 is 17.3 Å². The molecule has 0 spiro atoms. The zero-order chi connectivity index (χ0) is 16.2. The predicted molar refractivity (Wildman–Crippen MR) is 91.0 cm³/mol. The number of nitrogens with one attached hydrogen (secondary N) is 2. The second-order valence-corrected chi connectivity index (χ2v) is 6.51. The van der Waals surface area contributed by atoms with Gasteiger partial charge in [0, 0.05) is 17.5 Å². The van der Waals surface area contributed by atoms with E-state index in [-0.39, 0.29) is 36.3 Å². The maximum atomic E-state index is 13.6. The van der Waals surface area contributed by atoms with E-state index in [1.54, 1.807) is 12.1 Å². The van der Waals surface area contributed by atoms with Crippen LogP contribution in [0, 0.1) is 17.2 Å². The Hall–Kier alpha value is -1.17. The third-order valence-corrected chi connectivity index (χ3v) is 4.62. The number of aliphatic hydroxyl groups is 1. The molecule has 2 atom stereocenters. The van der Waals surface area contributed by atoms with Gasteiger partial charge in [-0.25, -0.2) is 4.39 Å². The summed E-state index contributed by atoms with van der Waals surface area (Å²) < 4.78 is 13.6. The second-order valence-electron chi connectivity index (χ2n) is 6.51. The monoisotopic (exact) mass is 344 g/mol. The number of rotatable bonds is 5. The standard InChI is InChI=1S/C17H25FN2O2.ClH/c1-17(2,12-6-5-9-19-10-12)16(22)20-11-15(21)13-7-3-4-8-14(13)18;/h3-4,7-8,12,15,19,21H,5-6,9-11H2,1-2H3,(H,20,22);1H. The molecule has 130 valence electrons. The van der Waals surface area contributed by atoms with Gasteiger partial charge in [-0.05, 0) is 37.9 Å². The lowest BCUT2D eigenvalue weighted by Gasteiger charge is -2.36. The van der Waals surface area contributed by atoms with Gasteiger partial charge < -0.3 is 15.7 Å². The Morgan fingerprint density at radius 1 is 1.48 bits per heavy atom. The Morgan fingerprint density at radius 3 is 2.78 bits per heavy atom. The van der Waals surface area contributed by atoms with Gasteiger partial charge in [0.1, 0.15) is 5.82 Å². The molecule has 1 heterocycles. The molecule has 2 rings (SSSR count). The summed E-state index contributed by atoms with van der Waals surface area (Å²) >= 11 is 0. The molecule has 0 saturated carbocycles. The number of hydrogen-bond acceptors (Lipinski definition) is 3. The zero-order valence-electron chi connectivity index (χ0n) is 13.6. The van der Waals surface area contributed by atoms with Crippen molar-refractivity contribution in [3.05, 3.63) is 35.6 Å². The summed E-state index contributed by atoms with van der Waals surface area (Å²) in [5, 5.41) is 16.1. The lowest BCUT2D eigenvalue weighted by atomic mass is 9.74. The largest absolute Gasteiger partial charge is 0.386 e. The molecule has 1 aliphatic rings. The number of hydrogen-bond donors (Lipinski definition) is 3. The van der Waals surface area contributed by atoms with Crippen LogP contribution >= 0.6 is 12.4 Å². The zero-order valence-corrected chi connectivity index (χ0v) is 14.5. The molecule has 0 bridgehead atoms. The van der Waals surface area contributed by atoms with Gasteiger partial charge in [0.05, 0.1) is 6.10 Å². The second kappa shape index (κ2) is 8.62. The molecular weight excluding hydrogens is 319 g/mol. The molecular formula is C17H26ClFN2O2. The number of halogens is 2. The molecule has 1 fully saturated rings. The van der Waals surface area contributed by atoms with Crippen molar-refractivity contribution in [1.82, 2.24) is 10.6 Å². The smallest absolute Gasteiger partial charge is 0.226 e. The van der Waals surface area contributed by atoms with E-state index in [4.69, 9.17) is 0 Å². The van der Waals surface area contributed by atoms with Crippen LogP contribution in [0.15, 0.2) is 24.3 Å². The number of piperidine rings is 1. The lowest BCUT2D eigenvalue weighted by Crippen LogP contribution is -2.48. The van der Waals surface area contributed by atoms with Crippen molar-refractivity contribution in [3.8, 4) is 0 Å². The van der Waals surface area contributed by atoms with Gasteiger partial charge in [-0.15, -0.1) is 12.4 Å². The molecule has 0 radical (unpaired) electrons. The Morgan fingerprint density at radius 2 is 2.17 bits per heavy atom. The summed E-state index contributed by atoms with van der Waals surface area (Å²) in [5.41, 5.74) is -0.303. The molecule has 0 aromatic heterocycles. The van der Waals surface area contributed by atoms with Gasteiger partial charge in [-0.2, -0.15) is 0 Å². The Labute approximate surface area is 143 Å². The van der Waals surface area contributed by atoms with E-state index in [0.717, 1.165) is 25.9 Å². The summed E-state index contributed by atoms with van der Waals surface area (Å²) in [6, 6.07) is 6.07. The molecule has 6 heteroatoms. The van der Waals surface area contributed by atoms with Crippen molar-refractivity contribution in [2.75, 3.05) is 19.6 Å². The summed E-state index contributed by atoms with van der Waals surface area (Å²) in [7, 11) is 0. The molecule has 1 aliphatic heterocycles. The summed E-state index contributed by atoms with van der Waals surface area (Å²) in [5.74, 6) is -0.288. The minimum Gasteiger partial charge on any atom is -0.386 e. The van der Waals surface area contributed by atoms with E-state index >= 15 is 0 Å². The fourth-order valence-electron chi connectivity index (χ4n) is 2.93. The molecule has 4 nitrogen and oxygen atoms in total.